The van der Waals surface area contributed by atoms with Crippen molar-refractivity contribution in [2.24, 2.45) is 0 Å². The number of nitrogens with one attached hydrogen (secondary N) is 3. The lowest BCUT2D eigenvalue weighted by Gasteiger charge is -2.27. The number of benzene rings is 2. The molecule has 2 heterocycles. The van der Waals surface area contributed by atoms with Gasteiger partial charge in [-0.2, -0.15) is 0 Å². The monoisotopic (exact) mass is 507 g/mol. The number of ketones is 1. The van der Waals surface area contributed by atoms with Crippen LogP contribution in [0.1, 0.15) is 37.3 Å². The van der Waals surface area contributed by atoms with E-state index < -0.39 is 35.5 Å². The van der Waals surface area contributed by atoms with Crippen molar-refractivity contribution in [3.05, 3.63) is 65.7 Å². The molecule has 2 saturated heterocycles. The predicted molar refractivity (Wildman–Crippen MR) is 136 cm³/mol. The van der Waals surface area contributed by atoms with E-state index in [9.17, 15) is 19.2 Å². The van der Waals surface area contributed by atoms with Crippen LogP contribution in [0.4, 0.5) is 0 Å². The molecule has 2 aromatic carbocycles. The predicted octanol–water partition coefficient (Wildman–Crippen LogP) is 1.48. The highest BCUT2D eigenvalue weighted by Crippen LogP contribution is 2.29. The fourth-order valence-electron chi connectivity index (χ4n) is 4.43. The SMILES string of the molecule is COc1ccc(C[C@H](NC(=O)[C@H]2CCCC(=O)N2)C(=O)N[C@@H](Cc2ccccc2)C(=O)[C@@]2(C)CO2)cc1. The van der Waals surface area contributed by atoms with Crippen LogP contribution in [0.3, 0.4) is 0 Å². The molecule has 4 rings (SSSR count). The van der Waals surface area contributed by atoms with Crippen LogP contribution >= 0.6 is 0 Å². The molecule has 9 nitrogen and oxygen atoms in total. The number of rotatable bonds is 11. The van der Waals surface area contributed by atoms with Gasteiger partial charge in [-0.3, -0.25) is 19.2 Å². The summed E-state index contributed by atoms with van der Waals surface area (Å²) in [5.74, 6) is -0.632. The average Bonchev–Trinajstić information content (AvgIpc) is 3.66. The molecule has 3 amide bonds. The minimum atomic E-state index is -0.960. The number of ether oxygens (including phenoxy) is 2. The van der Waals surface area contributed by atoms with Crippen molar-refractivity contribution in [3.8, 4) is 5.75 Å². The van der Waals surface area contributed by atoms with E-state index >= 15 is 0 Å². The third kappa shape index (κ3) is 6.95. The van der Waals surface area contributed by atoms with E-state index in [1.54, 1.807) is 26.2 Å². The maximum atomic E-state index is 13.6. The van der Waals surface area contributed by atoms with E-state index in [0.29, 0.717) is 38.0 Å². The Kier molecular flexibility index (Phi) is 8.23. The molecule has 0 unspecified atom stereocenters. The molecule has 0 aliphatic carbocycles. The Morgan fingerprint density at radius 1 is 1.03 bits per heavy atom. The second-order valence-electron chi connectivity index (χ2n) is 9.76. The summed E-state index contributed by atoms with van der Waals surface area (Å²) in [5, 5.41) is 8.37. The van der Waals surface area contributed by atoms with Crippen molar-refractivity contribution < 1.29 is 28.7 Å². The van der Waals surface area contributed by atoms with Crippen molar-refractivity contribution in [1.82, 2.24) is 16.0 Å². The van der Waals surface area contributed by atoms with Gasteiger partial charge in [0, 0.05) is 12.8 Å². The van der Waals surface area contributed by atoms with Crippen molar-refractivity contribution in [2.75, 3.05) is 13.7 Å². The largest absolute Gasteiger partial charge is 0.497 e. The van der Waals surface area contributed by atoms with Crippen LogP contribution in [0.15, 0.2) is 54.6 Å². The molecule has 0 saturated carbocycles. The summed E-state index contributed by atoms with van der Waals surface area (Å²) in [7, 11) is 1.57. The van der Waals surface area contributed by atoms with E-state index in [-0.39, 0.29) is 18.1 Å². The van der Waals surface area contributed by atoms with E-state index in [0.717, 1.165) is 11.1 Å². The van der Waals surface area contributed by atoms with Crippen LogP contribution in [0.5, 0.6) is 5.75 Å². The Morgan fingerprint density at radius 3 is 2.30 bits per heavy atom. The summed E-state index contributed by atoms with van der Waals surface area (Å²) in [6.45, 7) is 2.02. The zero-order chi connectivity index (χ0) is 26.4. The number of methoxy groups -OCH3 is 1. The molecule has 0 radical (unpaired) electrons. The Morgan fingerprint density at radius 2 is 1.68 bits per heavy atom. The Labute approximate surface area is 216 Å². The summed E-state index contributed by atoms with van der Waals surface area (Å²) in [6.07, 6.45) is 1.98. The molecule has 2 aliphatic rings. The van der Waals surface area contributed by atoms with Crippen molar-refractivity contribution in [1.29, 1.82) is 0 Å². The zero-order valence-electron chi connectivity index (χ0n) is 21.1. The van der Waals surface area contributed by atoms with Crippen molar-refractivity contribution in [2.45, 2.75) is 62.8 Å². The lowest BCUT2D eigenvalue weighted by molar-refractivity contribution is -0.135. The van der Waals surface area contributed by atoms with E-state index in [1.165, 1.54) is 0 Å². The first-order valence-electron chi connectivity index (χ1n) is 12.5. The highest BCUT2D eigenvalue weighted by Gasteiger charge is 2.50. The van der Waals surface area contributed by atoms with Gasteiger partial charge in [-0.1, -0.05) is 42.5 Å². The Hall–Kier alpha value is -3.72. The van der Waals surface area contributed by atoms with Gasteiger partial charge in [0.05, 0.1) is 19.8 Å². The Bertz CT molecular complexity index is 1130. The second kappa shape index (κ2) is 11.6. The highest BCUT2D eigenvalue weighted by atomic mass is 16.6. The molecule has 0 aromatic heterocycles. The summed E-state index contributed by atoms with van der Waals surface area (Å²) in [6, 6.07) is 14.1. The third-order valence-corrected chi connectivity index (χ3v) is 6.79. The molecule has 37 heavy (non-hydrogen) atoms. The molecule has 9 heteroatoms. The van der Waals surface area contributed by atoms with Gasteiger partial charge in [0.1, 0.15) is 23.4 Å². The van der Waals surface area contributed by atoms with Gasteiger partial charge in [0.2, 0.25) is 17.7 Å². The summed E-state index contributed by atoms with van der Waals surface area (Å²) in [5.41, 5.74) is 0.775. The summed E-state index contributed by atoms with van der Waals surface area (Å²) in [4.78, 5) is 51.6. The number of hydrogen-bond donors (Lipinski definition) is 3. The first-order valence-corrected chi connectivity index (χ1v) is 12.5. The molecule has 196 valence electrons. The fourth-order valence-corrected chi connectivity index (χ4v) is 4.43. The molecule has 2 fully saturated rings. The quantitative estimate of drug-likeness (QED) is 0.396. The van der Waals surface area contributed by atoms with Gasteiger partial charge in [-0.15, -0.1) is 0 Å². The van der Waals surface area contributed by atoms with E-state index in [4.69, 9.17) is 9.47 Å². The van der Waals surface area contributed by atoms with Crippen LogP contribution in [-0.2, 0) is 36.8 Å². The maximum Gasteiger partial charge on any atom is 0.243 e. The minimum Gasteiger partial charge on any atom is -0.497 e. The van der Waals surface area contributed by atoms with Gasteiger partial charge in [-0.25, -0.2) is 0 Å². The van der Waals surface area contributed by atoms with Crippen LogP contribution in [0.2, 0.25) is 0 Å². The highest BCUT2D eigenvalue weighted by molar-refractivity contribution is 5.98. The molecule has 3 N–H and O–H groups in total. The minimum absolute atomic E-state index is 0.186. The van der Waals surface area contributed by atoms with Crippen LogP contribution < -0.4 is 20.7 Å². The van der Waals surface area contributed by atoms with Gasteiger partial charge < -0.3 is 25.4 Å². The first-order chi connectivity index (χ1) is 17.8. The number of Topliss-reactive ketones (excluding diaryl/α,β-unsaturated/α-hetero) is 1. The average molecular weight is 508 g/mol. The van der Waals surface area contributed by atoms with Gasteiger partial charge >= 0.3 is 0 Å². The number of epoxide rings is 1. The molecule has 2 aliphatic heterocycles. The molecular formula is C28H33N3O6. The number of piperidine rings is 1. The molecule has 0 spiro atoms. The fraction of sp³-hybridized carbons (Fsp3) is 0.429. The normalized spacial score (nSPS) is 22.2. The molecule has 2 aromatic rings. The Balaban J connectivity index is 1.53. The molecule has 4 atom stereocenters. The topological polar surface area (TPSA) is 126 Å². The zero-order valence-corrected chi connectivity index (χ0v) is 21.1. The van der Waals surface area contributed by atoms with Crippen LogP contribution in [0, 0.1) is 0 Å². The lowest BCUT2D eigenvalue weighted by atomic mass is 9.94. The molecule has 0 bridgehead atoms. The first kappa shape index (κ1) is 26.3. The second-order valence-corrected chi connectivity index (χ2v) is 9.76. The maximum absolute atomic E-state index is 13.6. The summed E-state index contributed by atoms with van der Waals surface area (Å²) >= 11 is 0. The number of carbonyl (C=O) groups is 4. The molecular weight excluding hydrogens is 474 g/mol. The standard InChI is InChI=1S/C28H33N3O6/c1-28(17-37-28)25(33)22(15-18-7-4-3-5-8-18)30-27(35)23(16-19-11-13-20(36-2)14-12-19)31-26(34)21-9-6-10-24(32)29-21/h3-5,7-8,11-14,21-23H,6,9-10,15-17H2,1-2H3,(H,29,32)(H,30,35)(H,31,34)/t21-,22+,23+,28-/m1/s1. The third-order valence-electron chi connectivity index (χ3n) is 6.79. The summed E-state index contributed by atoms with van der Waals surface area (Å²) < 4.78 is 10.6. The van der Waals surface area contributed by atoms with E-state index in [1.807, 2.05) is 42.5 Å². The van der Waals surface area contributed by atoms with Gasteiger partial charge in [0.15, 0.2) is 5.78 Å². The van der Waals surface area contributed by atoms with Crippen molar-refractivity contribution >= 4 is 23.5 Å². The van der Waals surface area contributed by atoms with Gasteiger partial charge in [-0.05, 0) is 49.4 Å². The number of amides is 3. The number of hydrogen-bond acceptors (Lipinski definition) is 6. The van der Waals surface area contributed by atoms with Crippen LogP contribution in [-0.4, -0.2) is 60.9 Å². The smallest absolute Gasteiger partial charge is 0.243 e. The van der Waals surface area contributed by atoms with E-state index in [2.05, 4.69) is 16.0 Å². The number of carbonyl (C=O) groups excluding carboxylic acids is 4. The lowest BCUT2D eigenvalue weighted by Crippen LogP contribution is -2.58. The van der Waals surface area contributed by atoms with Crippen molar-refractivity contribution in [3.63, 3.8) is 0 Å². The van der Waals surface area contributed by atoms with Crippen LogP contribution in [0.25, 0.3) is 0 Å². The van der Waals surface area contributed by atoms with Gasteiger partial charge in [0.25, 0.3) is 0 Å².